The molecule has 0 unspecified atom stereocenters. The molecule has 0 radical (unpaired) electrons. The van der Waals surface area contributed by atoms with Crippen LogP contribution in [0.2, 0.25) is 0 Å². The normalized spacial score (nSPS) is 9.62. The highest BCUT2D eigenvalue weighted by Crippen LogP contribution is 2.06. The molecule has 0 saturated heterocycles. The molecule has 1 amide bonds. The lowest BCUT2D eigenvalue weighted by atomic mass is 10.1. The maximum absolute atomic E-state index is 12.1. The first kappa shape index (κ1) is 14.8. The first-order valence-electron chi connectivity index (χ1n) is 6.67. The highest BCUT2D eigenvalue weighted by molar-refractivity contribution is 5.94. The van der Waals surface area contributed by atoms with E-state index in [9.17, 15) is 4.79 Å². The highest BCUT2D eigenvalue weighted by Gasteiger charge is 2.05. The van der Waals surface area contributed by atoms with Crippen molar-refractivity contribution in [3.05, 3.63) is 65.0 Å². The van der Waals surface area contributed by atoms with Crippen LogP contribution in [0.15, 0.2) is 42.7 Å². The van der Waals surface area contributed by atoms with E-state index in [0.717, 1.165) is 16.7 Å². The first-order valence-corrected chi connectivity index (χ1v) is 6.67. The lowest BCUT2D eigenvalue weighted by molar-refractivity contribution is 0.0951. The van der Waals surface area contributed by atoms with Gasteiger partial charge in [0.2, 0.25) is 0 Å². The zero-order valence-corrected chi connectivity index (χ0v) is 11.9. The van der Waals surface area contributed by atoms with Gasteiger partial charge in [0.25, 0.3) is 5.91 Å². The van der Waals surface area contributed by atoms with Gasteiger partial charge in [-0.05, 0) is 48.4 Å². The fourth-order valence-corrected chi connectivity index (χ4v) is 1.82. The van der Waals surface area contributed by atoms with Crippen LogP contribution >= 0.6 is 0 Å². The van der Waals surface area contributed by atoms with Crippen molar-refractivity contribution in [2.45, 2.75) is 13.5 Å². The van der Waals surface area contributed by atoms with Gasteiger partial charge in [0.1, 0.15) is 0 Å². The van der Waals surface area contributed by atoms with Crippen LogP contribution in [-0.4, -0.2) is 17.4 Å². The zero-order chi connectivity index (χ0) is 15.1. The molecule has 0 aliphatic carbocycles. The standard InChI is InChI=1S/C17H17N3O/c1-13-8-10-19-11-16(13)12-20-17(21)15-6-4-14(5-7-15)3-2-9-18/h4-8,10-11H,9,12,18H2,1H3,(H,20,21). The molecule has 1 aromatic heterocycles. The Bertz CT molecular complexity index is 681. The van der Waals surface area contributed by atoms with Crippen LogP contribution in [-0.2, 0) is 6.54 Å². The molecular formula is C17H17N3O. The van der Waals surface area contributed by atoms with Gasteiger partial charge in [-0.15, -0.1) is 0 Å². The van der Waals surface area contributed by atoms with Crippen molar-refractivity contribution in [2.24, 2.45) is 5.73 Å². The molecule has 0 spiro atoms. The molecule has 1 aromatic carbocycles. The van der Waals surface area contributed by atoms with E-state index >= 15 is 0 Å². The van der Waals surface area contributed by atoms with E-state index in [-0.39, 0.29) is 5.91 Å². The maximum atomic E-state index is 12.1. The summed E-state index contributed by atoms with van der Waals surface area (Å²) in [6.45, 7) is 2.79. The molecule has 0 aliphatic rings. The number of pyridine rings is 1. The number of hydrogen-bond donors (Lipinski definition) is 2. The summed E-state index contributed by atoms with van der Waals surface area (Å²) >= 11 is 0. The summed E-state index contributed by atoms with van der Waals surface area (Å²) in [4.78, 5) is 16.1. The Morgan fingerprint density at radius 2 is 2.05 bits per heavy atom. The average Bonchev–Trinajstić information content (AvgIpc) is 2.52. The zero-order valence-electron chi connectivity index (χ0n) is 11.9. The molecular weight excluding hydrogens is 262 g/mol. The molecule has 0 bridgehead atoms. The van der Waals surface area contributed by atoms with Crippen LogP contribution in [0.3, 0.4) is 0 Å². The quantitative estimate of drug-likeness (QED) is 0.839. The van der Waals surface area contributed by atoms with Crippen LogP contribution < -0.4 is 11.1 Å². The summed E-state index contributed by atoms with van der Waals surface area (Å²) in [5, 5.41) is 2.88. The van der Waals surface area contributed by atoms with Crippen molar-refractivity contribution in [1.29, 1.82) is 0 Å². The van der Waals surface area contributed by atoms with Crippen molar-refractivity contribution in [3.63, 3.8) is 0 Å². The maximum Gasteiger partial charge on any atom is 0.251 e. The predicted octanol–water partition coefficient (Wildman–Crippen LogP) is 1.63. The van der Waals surface area contributed by atoms with Gasteiger partial charge in [-0.1, -0.05) is 11.8 Å². The summed E-state index contributed by atoms with van der Waals surface area (Å²) in [5.74, 6) is 5.58. The number of nitrogens with one attached hydrogen (secondary N) is 1. The summed E-state index contributed by atoms with van der Waals surface area (Å²) in [7, 11) is 0. The molecule has 1 heterocycles. The first-order chi connectivity index (χ1) is 10.2. The van der Waals surface area contributed by atoms with Crippen molar-refractivity contribution >= 4 is 5.91 Å². The summed E-state index contributed by atoms with van der Waals surface area (Å²) in [6, 6.07) is 9.06. The van der Waals surface area contributed by atoms with E-state index in [2.05, 4.69) is 22.1 Å². The number of nitrogens with zero attached hydrogens (tertiary/aromatic N) is 1. The Kier molecular flexibility index (Phi) is 5.08. The van der Waals surface area contributed by atoms with Gasteiger partial charge in [0, 0.05) is 30.1 Å². The van der Waals surface area contributed by atoms with Crippen molar-refractivity contribution < 1.29 is 4.79 Å². The smallest absolute Gasteiger partial charge is 0.251 e. The van der Waals surface area contributed by atoms with Crippen LogP contribution in [0.1, 0.15) is 27.0 Å². The van der Waals surface area contributed by atoms with Gasteiger partial charge in [-0.2, -0.15) is 0 Å². The van der Waals surface area contributed by atoms with Gasteiger partial charge < -0.3 is 11.1 Å². The number of rotatable bonds is 3. The minimum Gasteiger partial charge on any atom is -0.348 e. The summed E-state index contributed by atoms with van der Waals surface area (Å²) in [5.41, 5.74) is 8.89. The number of aromatic nitrogens is 1. The number of benzene rings is 1. The second-order valence-electron chi connectivity index (χ2n) is 4.57. The van der Waals surface area contributed by atoms with Gasteiger partial charge in [-0.3, -0.25) is 9.78 Å². The van der Waals surface area contributed by atoms with Gasteiger partial charge >= 0.3 is 0 Å². The molecule has 4 nitrogen and oxygen atoms in total. The molecule has 4 heteroatoms. The molecule has 2 aromatic rings. The van der Waals surface area contributed by atoms with Crippen LogP contribution in [0.25, 0.3) is 0 Å². The van der Waals surface area contributed by atoms with Crippen molar-refractivity contribution in [1.82, 2.24) is 10.3 Å². The topological polar surface area (TPSA) is 68.0 Å². The number of hydrogen-bond acceptors (Lipinski definition) is 3. The Balaban J connectivity index is 1.99. The average molecular weight is 279 g/mol. The fraction of sp³-hybridized carbons (Fsp3) is 0.176. The molecule has 106 valence electrons. The van der Waals surface area contributed by atoms with E-state index in [1.54, 1.807) is 24.5 Å². The molecule has 0 aliphatic heterocycles. The number of carbonyl (C=O) groups is 1. The molecule has 3 N–H and O–H groups in total. The van der Waals surface area contributed by atoms with Gasteiger partial charge in [0.05, 0.1) is 6.54 Å². The molecule has 0 atom stereocenters. The third kappa shape index (κ3) is 4.16. The number of carbonyl (C=O) groups excluding carboxylic acids is 1. The minimum absolute atomic E-state index is 0.114. The molecule has 2 rings (SSSR count). The SMILES string of the molecule is Cc1ccncc1CNC(=O)c1ccc(C#CCN)cc1. The fourth-order valence-electron chi connectivity index (χ4n) is 1.82. The Labute approximate surface area is 124 Å². The van der Waals surface area contributed by atoms with E-state index in [1.807, 2.05) is 25.1 Å². The van der Waals surface area contributed by atoms with E-state index in [0.29, 0.717) is 18.7 Å². The third-order valence-electron chi connectivity index (χ3n) is 3.07. The second-order valence-corrected chi connectivity index (χ2v) is 4.57. The lowest BCUT2D eigenvalue weighted by Gasteiger charge is -2.07. The predicted molar refractivity (Wildman–Crippen MR) is 82.5 cm³/mol. The third-order valence-corrected chi connectivity index (χ3v) is 3.07. The Morgan fingerprint density at radius 3 is 2.71 bits per heavy atom. The number of amides is 1. The molecule has 0 fully saturated rings. The minimum atomic E-state index is -0.114. The van der Waals surface area contributed by atoms with Gasteiger partial charge in [-0.25, -0.2) is 0 Å². The number of aryl methyl sites for hydroxylation is 1. The summed E-state index contributed by atoms with van der Waals surface area (Å²) < 4.78 is 0. The number of nitrogens with two attached hydrogens (primary N) is 1. The monoisotopic (exact) mass is 279 g/mol. The van der Waals surface area contributed by atoms with E-state index in [1.165, 1.54) is 0 Å². The molecule has 0 saturated carbocycles. The van der Waals surface area contributed by atoms with Gasteiger partial charge in [0.15, 0.2) is 0 Å². The van der Waals surface area contributed by atoms with Crippen LogP contribution in [0, 0.1) is 18.8 Å². The van der Waals surface area contributed by atoms with E-state index < -0.39 is 0 Å². The highest BCUT2D eigenvalue weighted by atomic mass is 16.1. The lowest BCUT2D eigenvalue weighted by Crippen LogP contribution is -2.23. The van der Waals surface area contributed by atoms with Crippen molar-refractivity contribution in [2.75, 3.05) is 6.54 Å². The molecule has 21 heavy (non-hydrogen) atoms. The van der Waals surface area contributed by atoms with E-state index in [4.69, 9.17) is 5.73 Å². The largest absolute Gasteiger partial charge is 0.348 e. The Morgan fingerprint density at radius 1 is 1.29 bits per heavy atom. The van der Waals surface area contributed by atoms with Crippen LogP contribution in [0.5, 0.6) is 0 Å². The van der Waals surface area contributed by atoms with Crippen LogP contribution in [0.4, 0.5) is 0 Å². The summed E-state index contributed by atoms with van der Waals surface area (Å²) in [6.07, 6.45) is 3.50. The van der Waals surface area contributed by atoms with Crippen molar-refractivity contribution in [3.8, 4) is 11.8 Å². The second kappa shape index (κ2) is 7.22. The Hall–Kier alpha value is -2.64.